The Labute approximate surface area is 182 Å². The molecule has 1 N–H and O–H groups in total. The van der Waals surface area contributed by atoms with Crippen molar-refractivity contribution in [3.05, 3.63) is 95.6 Å². The molecule has 0 heterocycles. The maximum Gasteiger partial charge on any atom is 0.339 e. The van der Waals surface area contributed by atoms with Crippen molar-refractivity contribution in [2.45, 2.75) is 32.7 Å². The van der Waals surface area contributed by atoms with E-state index in [0.717, 1.165) is 18.4 Å². The molecule has 3 aromatic carbocycles. The quantitative estimate of drug-likeness (QED) is 0.470. The summed E-state index contributed by atoms with van der Waals surface area (Å²) in [6.07, 6.45) is 2.31. The first-order chi connectivity index (χ1) is 15.1. The van der Waals surface area contributed by atoms with Crippen molar-refractivity contribution < 1.29 is 19.4 Å². The zero-order valence-electron chi connectivity index (χ0n) is 17.7. The van der Waals surface area contributed by atoms with E-state index >= 15 is 0 Å². The van der Waals surface area contributed by atoms with E-state index < -0.39 is 5.97 Å². The average molecular weight is 418 g/mol. The molecular formula is C26H27NO4. The van der Waals surface area contributed by atoms with Gasteiger partial charge in [0.1, 0.15) is 17.1 Å². The van der Waals surface area contributed by atoms with Crippen LogP contribution in [0.25, 0.3) is 0 Å². The molecule has 5 nitrogen and oxygen atoms in total. The monoisotopic (exact) mass is 417 g/mol. The number of ether oxygens (including phenoxy) is 1. The van der Waals surface area contributed by atoms with Crippen LogP contribution in [0.2, 0.25) is 0 Å². The first-order valence-corrected chi connectivity index (χ1v) is 10.5. The van der Waals surface area contributed by atoms with Crippen LogP contribution in [0.5, 0.6) is 11.5 Å². The number of carbonyl (C=O) groups is 2. The number of para-hydroxylation sites is 1. The number of rotatable bonds is 10. The van der Waals surface area contributed by atoms with Gasteiger partial charge < -0.3 is 14.7 Å². The van der Waals surface area contributed by atoms with Gasteiger partial charge in [0.25, 0.3) is 0 Å². The molecular weight excluding hydrogens is 390 g/mol. The lowest BCUT2D eigenvalue weighted by Crippen LogP contribution is -2.31. The van der Waals surface area contributed by atoms with Crippen LogP contribution in [-0.2, 0) is 17.8 Å². The van der Waals surface area contributed by atoms with Crippen LogP contribution in [0.15, 0.2) is 78.9 Å². The summed E-state index contributed by atoms with van der Waals surface area (Å²) >= 11 is 0. The minimum absolute atomic E-state index is 0.115. The van der Waals surface area contributed by atoms with Gasteiger partial charge in [0.15, 0.2) is 0 Å². The fourth-order valence-electron chi connectivity index (χ4n) is 3.38. The SMILES string of the molecule is CCC(=O)N(CCCc1ccccc1)Cc1ccc(Oc2ccccc2C(=O)O)cc1. The number of carbonyl (C=O) groups excluding carboxylic acids is 1. The molecule has 1 amide bonds. The van der Waals surface area contributed by atoms with Crippen LogP contribution in [0, 0.1) is 0 Å². The molecule has 3 aromatic rings. The lowest BCUT2D eigenvalue weighted by Gasteiger charge is -2.22. The van der Waals surface area contributed by atoms with E-state index in [1.165, 1.54) is 11.6 Å². The topological polar surface area (TPSA) is 66.8 Å². The summed E-state index contributed by atoms with van der Waals surface area (Å²) in [6, 6.07) is 24.2. The summed E-state index contributed by atoms with van der Waals surface area (Å²) < 4.78 is 5.75. The molecule has 0 aliphatic carbocycles. The number of carboxylic acid groups (broad SMARTS) is 1. The molecule has 0 unspecified atom stereocenters. The fourth-order valence-corrected chi connectivity index (χ4v) is 3.38. The predicted octanol–water partition coefficient (Wildman–Crippen LogP) is 5.55. The summed E-state index contributed by atoms with van der Waals surface area (Å²) in [7, 11) is 0. The summed E-state index contributed by atoms with van der Waals surface area (Å²) in [5.74, 6) is -0.0541. The first kappa shape index (κ1) is 22.1. The number of aryl methyl sites for hydroxylation is 1. The van der Waals surface area contributed by atoms with Crippen molar-refractivity contribution in [3.63, 3.8) is 0 Å². The molecule has 0 aliphatic heterocycles. The molecule has 0 fully saturated rings. The van der Waals surface area contributed by atoms with Crippen molar-refractivity contribution in [1.29, 1.82) is 0 Å². The van der Waals surface area contributed by atoms with Crippen LogP contribution >= 0.6 is 0 Å². The normalized spacial score (nSPS) is 10.5. The van der Waals surface area contributed by atoms with E-state index in [-0.39, 0.29) is 11.5 Å². The van der Waals surface area contributed by atoms with Gasteiger partial charge in [0.05, 0.1) is 0 Å². The Morgan fingerprint density at radius 1 is 0.871 bits per heavy atom. The number of amides is 1. The fraction of sp³-hybridized carbons (Fsp3) is 0.231. The second kappa shape index (κ2) is 11.0. The van der Waals surface area contributed by atoms with E-state index in [4.69, 9.17) is 4.74 Å². The second-order valence-corrected chi connectivity index (χ2v) is 7.31. The van der Waals surface area contributed by atoms with E-state index in [1.807, 2.05) is 42.2 Å². The molecule has 160 valence electrons. The van der Waals surface area contributed by atoms with Crippen molar-refractivity contribution in [2.24, 2.45) is 0 Å². The molecule has 3 rings (SSSR count). The Balaban J connectivity index is 1.61. The maximum atomic E-state index is 12.4. The Bertz CT molecular complexity index is 999. The van der Waals surface area contributed by atoms with Crippen molar-refractivity contribution in [3.8, 4) is 11.5 Å². The van der Waals surface area contributed by atoms with Crippen LogP contribution in [0.1, 0.15) is 41.3 Å². The molecule has 0 radical (unpaired) electrons. The van der Waals surface area contributed by atoms with Crippen LogP contribution in [0.4, 0.5) is 0 Å². The maximum absolute atomic E-state index is 12.4. The lowest BCUT2D eigenvalue weighted by molar-refractivity contribution is -0.131. The third-order valence-electron chi connectivity index (χ3n) is 5.03. The zero-order chi connectivity index (χ0) is 22.1. The standard InChI is InChI=1S/C26H27NO4/c1-2-25(28)27(18-8-11-20-9-4-3-5-10-20)19-21-14-16-22(17-15-21)31-24-13-7-6-12-23(24)26(29)30/h3-7,9-10,12-17H,2,8,11,18-19H2,1H3,(H,29,30). The van der Waals surface area contributed by atoms with Crippen LogP contribution < -0.4 is 4.74 Å². The molecule has 0 atom stereocenters. The van der Waals surface area contributed by atoms with E-state index in [2.05, 4.69) is 12.1 Å². The van der Waals surface area contributed by atoms with Gasteiger partial charge >= 0.3 is 5.97 Å². The van der Waals surface area contributed by atoms with Gasteiger partial charge in [-0.15, -0.1) is 0 Å². The van der Waals surface area contributed by atoms with E-state index in [1.54, 1.807) is 30.3 Å². The minimum atomic E-state index is -1.03. The molecule has 0 saturated carbocycles. The molecule has 0 saturated heterocycles. The Hall–Kier alpha value is -3.60. The van der Waals surface area contributed by atoms with Crippen molar-refractivity contribution in [2.75, 3.05) is 6.54 Å². The molecule has 0 aromatic heterocycles. The Morgan fingerprint density at radius 3 is 2.23 bits per heavy atom. The van der Waals surface area contributed by atoms with Gasteiger partial charge in [0.2, 0.25) is 5.91 Å². The summed E-state index contributed by atoms with van der Waals surface area (Å²) in [6.45, 7) is 3.11. The van der Waals surface area contributed by atoms with E-state index in [9.17, 15) is 14.7 Å². The molecule has 5 heteroatoms. The number of carboxylic acids is 1. The zero-order valence-corrected chi connectivity index (χ0v) is 17.7. The van der Waals surface area contributed by atoms with E-state index in [0.29, 0.717) is 31.0 Å². The minimum Gasteiger partial charge on any atom is -0.478 e. The highest BCUT2D eigenvalue weighted by molar-refractivity contribution is 5.90. The Morgan fingerprint density at radius 2 is 1.55 bits per heavy atom. The summed E-state index contributed by atoms with van der Waals surface area (Å²) in [5, 5.41) is 9.29. The highest BCUT2D eigenvalue weighted by Crippen LogP contribution is 2.26. The largest absolute Gasteiger partial charge is 0.478 e. The smallest absolute Gasteiger partial charge is 0.339 e. The third-order valence-corrected chi connectivity index (χ3v) is 5.03. The molecule has 0 bridgehead atoms. The number of hydrogen-bond donors (Lipinski definition) is 1. The Kier molecular flexibility index (Phi) is 7.82. The molecule has 0 spiro atoms. The van der Waals surface area contributed by atoms with Crippen LogP contribution in [0.3, 0.4) is 0 Å². The van der Waals surface area contributed by atoms with Gasteiger partial charge in [-0.25, -0.2) is 4.79 Å². The average Bonchev–Trinajstić information content (AvgIpc) is 2.80. The van der Waals surface area contributed by atoms with Gasteiger partial charge in [0, 0.05) is 19.5 Å². The van der Waals surface area contributed by atoms with Gasteiger partial charge in [-0.3, -0.25) is 4.79 Å². The third kappa shape index (κ3) is 6.44. The van der Waals surface area contributed by atoms with Gasteiger partial charge in [-0.05, 0) is 48.2 Å². The second-order valence-electron chi connectivity index (χ2n) is 7.31. The van der Waals surface area contributed by atoms with Crippen molar-refractivity contribution >= 4 is 11.9 Å². The predicted molar refractivity (Wildman–Crippen MR) is 120 cm³/mol. The highest BCUT2D eigenvalue weighted by atomic mass is 16.5. The molecule has 31 heavy (non-hydrogen) atoms. The van der Waals surface area contributed by atoms with Crippen molar-refractivity contribution in [1.82, 2.24) is 4.90 Å². The number of aromatic carboxylic acids is 1. The number of benzene rings is 3. The van der Waals surface area contributed by atoms with Gasteiger partial charge in [-0.1, -0.05) is 61.5 Å². The van der Waals surface area contributed by atoms with Crippen LogP contribution in [-0.4, -0.2) is 28.4 Å². The summed E-state index contributed by atoms with van der Waals surface area (Å²) in [5.41, 5.74) is 2.39. The number of hydrogen-bond acceptors (Lipinski definition) is 3. The highest BCUT2D eigenvalue weighted by Gasteiger charge is 2.13. The molecule has 0 aliphatic rings. The summed E-state index contributed by atoms with van der Waals surface area (Å²) in [4.78, 5) is 25.6. The lowest BCUT2D eigenvalue weighted by atomic mass is 10.1. The number of nitrogens with zero attached hydrogens (tertiary/aromatic N) is 1. The first-order valence-electron chi connectivity index (χ1n) is 10.5. The van der Waals surface area contributed by atoms with Gasteiger partial charge in [-0.2, -0.15) is 0 Å².